The predicted molar refractivity (Wildman–Crippen MR) is 128 cm³/mol. The number of allylic oxidation sites excluding steroid dienone is 5. The summed E-state index contributed by atoms with van der Waals surface area (Å²) < 4.78 is 0. The van der Waals surface area contributed by atoms with E-state index in [0.29, 0.717) is 22.7 Å². The van der Waals surface area contributed by atoms with Crippen LogP contribution in [0.1, 0.15) is 93.4 Å². The van der Waals surface area contributed by atoms with E-state index in [0.717, 1.165) is 36.5 Å². The Balaban J connectivity index is 1.59. The van der Waals surface area contributed by atoms with Crippen LogP contribution < -0.4 is 0 Å². The van der Waals surface area contributed by atoms with E-state index in [1.807, 2.05) is 0 Å². The van der Waals surface area contributed by atoms with Crippen molar-refractivity contribution in [3.05, 3.63) is 34.9 Å². The highest BCUT2D eigenvalue weighted by Gasteiger charge is 2.56. The van der Waals surface area contributed by atoms with Crippen molar-refractivity contribution in [1.29, 1.82) is 0 Å². The van der Waals surface area contributed by atoms with Crippen molar-refractivity contribution in [3.63, 3.8) is 0 Å². The molecular formula is C29H46O. The molecule has 3 fully saturated rings. The van der Waals surface area contributed by atoms with Crippen molar-refractivity contribution in [2.45, 2.75) is 99.5 Å². The first kappa shape index (κ1) is 22.4. The van der Waals surface area contributed by atoms with Crippen molar-refractivity contribution in [2.24, 2.45) is 46.3 Å². The third-order valence-corrected chi connectivity index (χ3v) is 10.5. The van der Waals surface area contributed by atoms with Crippen molar-refractivity contribution in [2.75, 3.05) is 0 Å². The summed E-state index contributed by atoms with van der Waals surface area (Å²) >= 11 is 0. The van der Waals surface area contributed by atoms with E-state index in [4.69, 9.17) is 0 Å². The zero-order valence-electron chi connectivity index (χ0n) is 20.7. The van der Waals surface area contributed by atoms with E-state index in [1.165, 1.54) is 37.7 Å². The molecule has 8 atom stereocenters. The minimum atomic E-state index is -0.118. The molecule has 0 bridgehead atoms. The van der Waals surface area contributed by atoms with E-state index in [9.17, 15) is 5.11 Å². The molecule has 0 spiro atoms. The van der Waals surface area contributed by atoms with Crippen LogP contribution in [0.4, 0.5) is 0 Å². The second kappa shape index (κ2) is 7.95. The topological polar surface area (TPSA) is 20.2 Å². The molecule has 0 radical (unpaired) electrons. The van der Waals surface area contributed by atoms with Gasteiger partial charge in [-0.15, -0.1) is 0 Å². The number of fused-ring (bicyclic) bond motifs is 5. The minimum Gasteiger partial charge on any atom is -0.393 e. The quantitative estimate of drug-likeness (QED) is 0.470. The van der Waals surface area contributed by atoms with Crippen LogP contribution >= 0.6 is 0 Å². The number of hydrogen-bond acceptors (Lipinski definition) is 1. The Morgan fingerprint density at radius 1 is 1.00 bits per heavy atom. The molecule has 0 aromatic rings. The fourth-order valence-electron chi connectivity index (χ4n) is 8.10. The summed E-state index contributed by atoms with van der Waals surface area (Å²) in [5.74, 6) is 4.37. The molecule has 0 heterocycles. The second-order valence-corrected chi connectivity index (χ2v) is 12.3. The summed E-state index contributed by atoms with van der Waals surface area (Å²) in [4.78, 5) is 0. The SMILES string of the molecule is C/C(=C\[C@@H](C)[C@H]1CC[C@H]2C3=CC=C4C[C@@H](O)CC[C@]4(C)[C@H]3CC[C@]12C)[C@H](C)C(C)C. The maximum atomic E-state index is 10.2. The molecule has 1 heteroatoms. The number of hydrogen-bond donors (Lipinski definition) is 1. The molecule has 30 heavy (non-hydrogen) atoms. The summed E-state index contributed by atoms with van der Waals surface area (Å²) in [6.07, 6.45) is 16.0. The summed E-state index contributed by atoms with van der Waals surface area (Å²) in [5.41, 5.74) is 5.66. The first-order valence-corrected chi connectivity index (χ1v) is 12.9. The maximum absolute atomic E-state index is 10.2. The van der Waals surface area contributed by atoms with Gasteiger partial charge in [-0.05, 0) is 98.2 Å². The monoisotopic (exact) mass is 410 g/mol. The van der Waals surface area contributed by atoms with E-state index in [-0.39, 0.29) is 6.10 Å². The number of aliphatic hydroxyl groups is 1. The molecule has 1 N–H and O–H groups in total. The Kier molecular flexibility index (Phi) is 5.93. The first-order valence-electron chi connectivity index (χ1n) is 12.9. The average Bonchev–Trinajstić information content (AvgIpc) is 3.05. The molecule has 0 saturated heterocycles. The molecular weight excluding hydrogens is 364 g/mol. The van der Waals surface area contributed by atoms with Gasteiger partial charge in [-0.3, -0.25) is 0 Å². The van der Waals surface area contributed by atoms with Crippen molar-refractivity contribution < 1.29 is 5.11 Å². The molecule has 4 rings (SSSR count). The molecule has 0 aromatic carbocycles. The highest BCUT2D eigenvalue weighted by atomic mass is 16.3. The van der Waals surface area contributed by atoms with Crippen LogP contribution in [0, 0.1) is 46.3 Å². The Bertz CT molecular complexity index is 754. The van der Waals surface area contributed by atoms with E-state index >= 15 is 0 Å². The highest BCUT2D eigenvalue weighted by molar-refractivity contribution is 5.39. The van der Waals surface area contributed by atoms with E-state index < -0.39 is 0 Å². The van der Waals surface area contributed by atoms with Crippen molar-refractivity contribution >= 4 is 0 Å². The van der Waals surface area contributed by atoms with Gasteiger partial charge in [0.15, 0.2) is 0 Å². The second-order valence-electron chi connectivity index (χ2n) is 12.3. The average molecular weight is 411 g/mol. The lowest BCUT2D eigenvalue weighted by Crippen LogP contribution is -2.46. The van der Waals surface area contributed by atoms with Crippen LogP contribution in [-0.2, 0) is 0 Å². The van der Waals surface area contributed by atoms with Gasteiger partial charge >= 0.3 is 0 Å². The molecule has 4 aliphatic rings. The van der Waals surface area contributed by atoms with Gasteiger partial charge in [-0.2, -0.15) is 0 Å². The number of rotatable bonds is 4. The van der Waals surface area contributed by atoms with Crippen LogP contribution in [0.25, 0.3) is 0 Å². The van der Waals surface area contributed by atoms with E-state index in [1.54, 1.807) is 11.1 Å². The van der Waals surface area contributed by atoms with Gasteiger partial charge in [0, 0.05) is 0 Å². The summed E-state index contributed by atoms with van der Waals surface area (Å²) in [6.45, 7) is 17.1. The lowest BCUT2D eigenvalue weighted by atomic mass is 9.50. The standard InChI is InChI=1S/C29H46O/c1-18(2)21(5)19(3)16-20(4)25-10-11-26-24-9-8-22-17-23(30)12-14-28(22,6)27(24)13-15-29(25,26)7/h8-9,16,18,20-21,23,25-27,30H,10-15,17H2,1-7H3/b19-16+/t20-,21-,23+,25-,26+,27+,28+,29-/m1/s1. The lowest BCUT2D eigenvalue weighted by molar-refractivity contribution is 0.0382. The number of aliphatic hydroxyl groups excluding tert-OH is 1. The Hall–Kier alpha value is -0.820. The zero-order chi connectivity index (χ0) is 21.8. The smallest absolute Gasteiger partial charge is 0.0578 e. The van der Waals surface area contributed by atoms with Gasteiger partial charge in [0.2, 0.25) is 0 Å². The van der Waals surface area contributed by atoms with Gasteiger partial charge < -0.3 is 5.11 Å². The molecule has 0 aliphatic heterocycles. The van der Waals surface area contributed by atoms with Crippen LogP contribution in [-0.4, -0.2) is 11.2 Å². The highest BCUT2D eigenvalue weighted by Crippen LogP contribution is 2.66. The first-order chi connectivity index (χ1) is 14.1. The third kappa shape index (κ3) is 3.48. The van der Waals surface area contributed by atoms with Gasteiger partial charge in [0.25, 0.3) is 0 Å². The molecule has 0 unspecified atom stereocenters. The van der Waals surface area contributed by atoms with Gasteiger partial charge in [-0.25, -0.2) is 0 Å². The van der Waals surface area contributed by atoms with Crippen LogP contribution in [0.3, 0.4) is 0 Å². The molecule has 0 aromatic heterocycles. The Labute approximate surface area is 186 Å². The predicted octanol–water partition coefficient (Wildman–Crippen LogP) is 7.72. The van der Waals surface area contributed by atoms with E-state index in [2.05, 4.69) is 66.7 Å². The molecule has 3 saturated carbocycles. The molecule has 1 nitrogen and oxygen atoms in total. The Morgan fingerprint density at radius 3 is 2.43 bits per heavy atom. The van der Waals surface area contributed by atoms with Gasteiger partial charge in [-0.1, -0.05) is 76.5 Å². The molecule has 168 valence electrons. The Morgan fingerprint density at radius 2 is 1.73 bits per heavy atom. The van der Waals surface area contributed by atoms with Crippen LogP contribution in [0.5, 0.6) is 0 Å². The third-order valence-electron chi connectivity index (χ3n) is 10.5. The van der Waals surface area contributed by atoms with Crippen molar-refractivity contribution in [3.8, 4) is 0 Å². The fraction of sp³-hybridized carbons (Fsp3) is 0.793. The summed E-state index contributed by atoms with van der Waals surface area (Å²) in [6, 6.07) is 0. The zero-order valence-corrected chi connectivity index (χ0v) is 20.7. The van der Waals surface area contributed by atoms with Gasteiger partial charge in [0.1, 0.15) is 0 Å². The lowest BCUT2D eigenvalue weighted by Gasteiger charge is -2.55. The fourth-order valence-corrected chi connectivity index (χ4v) is 8.10. The van der Waals surface area contributed by atoms with Crippen LogP contribution in [0.15, 0.2) is 34.9 Å². The molecule has 4 aliphatic carbocycles. The largest absolute Gasteiger partial charge is 0.393 e. The van der Waals surface area contributed by atoms with Crippen LogP contribution in [0.2, 0.25) is 0 Å². The summed E-state index contributed by atoms with van der Waals surface area (Å²) in [5, 5.41) is 10.2. The normalized spacial score (nSPS) is 43.3. The summed E-state index contributed by atoms with van der Waals surface area (Å²) in [7, 11) is 0. The van der Waals surface area contributed by atoms with Crippen molar-refractivity contribution in [1.82, 2.24) is 0 Å². The van der Waals surface area contributed by atoms with Gasteiger partial charge in [0.05, 0.1) is 6.10 Å². The molecule has 0 amide bonds. The minimum absolute atomic E-state index is 0.118. The maximum Gasteiger partial charge on any atom is 0.0578 e.